The van der Waals surface area contributed by atoms with Crippen LogP contribution < -0.4 is 4.74 Å². The molecule has 1 N–H and O–H groups in total. The number of carboxylic acid groups (broad SMARTS) is 1. The molecule has 5 nitrogen and oxygen atoms in total. The minimum Gasteiger partial charge on any atom is -0.493 e. The van der Waals surface area contributed by atoms with Crippen molar-refractivity contribution in [3.63, 3.8) is 0 Å². The standard InChI is InChI=1S/C20H19ClN2O3S2/c1-20(2,18(24)25)28-19-23-15(12-27-19)9-10-26-16-6-3-13(4-7-16)17-8-5-14(21)11-22-17/h3-8,11-12H,9-10H2,1-2H3,(H,24,25). The number of carbonyl (C=O) groups is 1. The second-order valence-electron chi connectivity index (χ2n) is 6.51. The molecule has 0 spiro atoms. The van der Waals surface area contributed by atoms with Crippen LogP contribution in [0.3, 0.4) is 0 Å². The number of aromatic nitrogens is 2. The molecule has 0 saturated carbocycles. The number of nitrogens with zero attached hydrogens (tertiary/aromatic N) is 2. The maximum Gasteiger partial charge on any atom is 0.319 e. The molecule has 0 radical (unpaired) electrons. The average Bonchev–Trinajstić information content (AvgIpc) is 3.09. The number of thioether (sulfide) groups is 1. The molecule has 0 aliphatic rings. The van der Waals surface area contributed by atoms with Gasteiger partial charge in [-0.25, -0.2) is 4.98 Å². The van der Waals surface area contributed by atoms with Crippen molar-refractivity contribution < 1.29 is 14.6 Å². The molecule has 8 heteroatoms. The van der Waals surface area contributed by atoms with E-state index in [1.54, 1.807) is 20.0 Å². The molecule has 0 bridgehead atoms. The van der Waals surface area contributed by atoms with Crippen LogP contribution in [0.25, 0.3) is 11.3 Å². The average molecular weight is 435 g/mol. The van der Waals surface area contributed by atoms with Gasteiger partial charge in [0.05, 0.1) is 23.0 Å². The van der Waals surface area contributed by atoms with E-state index in [4.69, 9.17) is 16.3 Å². The lowest BCUT2D eigenvalue weighted by Gasteiger charge is -2.15. The predicted octanol–water partition coefficient (Wildman–Crippen LogP) is 5.44. The Morgan fingerprint density at radius 2 is 2.00 bits per heavy atom. The molecule has 0 fully saturated rings. The van der Waals surface area contributed by atoms with E-state index in [1.165, 1.54) is 23.1 Å². The lowest BCUT2D eigenvalue weighted by atomic mass is 10.1. The topological polar surface area (TPSA) is 72.3 Å². The van der Waals surface area contributed by atoms with Gasteiger partial charge in [0.2, 0.25) is 0 Å². The third-order valence-corrected chi connectivity index (χ3v) is 6.29. The Labute approximate surface area is 176 Å². The molecule has 3 aromatic rings. The molecule has 0 unspecified atom stereocenters. The van der Waals surface area contributed by atoms with Gasteiger partial charge in [0.1, 0.15) is 10.5 Å². The van der Waals surface area contributed by atoms with Gasteiger partial charge < -0.3 is 9.84 Å². The molecule has 28 heavy (non-hydrogen) atoms. The zero-order valence-corrected chi connectivity index (χ0v) is 17.8. The summed E-state index contributed by atoms with van der Waals surface area (Å²) in [6.45, 7) is 3.84. The van der Waals surface area contributed by atoms with Crippen LogP contribution in [0.1, 0.15) is 19.5 Å². The van der Waals surface area contributed by atoms with Gasteiger partial charge in [-0.1, -0.05) is 23.4 Å². The summed E-state index contributed by atoms with van der Waals surface area (Å²) in [6, 6.07) is 11.4. The molecule has 2 heterocycles. The molecule has 0 amide bonds. The van der Waals surface area contributed by atoms with Gasteiger partial charge in [0, 0.05) is 23.6 Å². The maximum absolute atomic E-state index is 11.2. The number of ether oxygens (including phenoxy) is 1. The minimum atomic E-state index is -0.897. The van der Waals surface area contributed by atoms with Crippen LogP contribution in [0.2, 0.25) is 5.02 Å². The lowest BCUT2D eigenvalue weighted by molar-refractivity contribution is -0.138. The lowest BCUT2D eigenvalue weighted by Crippen LogP contribution is -2.26. The molecule has 0 atom stereocenters. The van der Waals surface area contributed by atoms with Crippen molar-refractivity contribution in [3.05, 3.63) is 58.7 Å². The summed E-state index contributed by atoms with van der Waals surface area (Å²) in [5.74, 6) is -0.0793. The van der Waals surface area contributed by atoms with E-state index in [0.717, 1.165) is 27.0 Å². The summed E-state index contributed by atoms with van der Waals surface area (Å²) >= 11 is 8.58. The predicted molar refractivity (Wildman–Crippen MR) is 114 cm³/mol. The number of halogens is 1. The van der Waals surface area contributed by atoms with Gasteiger partial charge in [0.15, 0.2) is 4.34 Å². The zero-order chi connectivity index (χ0) is 20.1. The summed E-state index contributed by atoms with van der Waals surface area (Å²) in [5.41, 5.74) is 2.75. The van der Waals surface area contributed by atoms with Crippen LogP contribution in [0.15, 0.2) is 52.3 Å². The van der Waals surface area contributed by atoms with E-state index in [2.05, 4.69) is 9.97 Å². The van der Waals surface area contributed by atoms with Crippen molar-refractivity contribution in [1.82, 2.24) is 9.97 Å². The summed E-state index contributed by atoms with van der Waals surface area (Å²) in [5, 5.41) is 11.8. The molecule has 1 aromatic carbocycles. The number of aliphatic carboxylic acids is 1. The summed E-state index contributed by atoms with van der Waals surface area (Å²) < 4.78 is 5.65. The van der Waals surface area contributed by atoms with Gasteiger partial charge in [-0.15, -0.1) is 11.3 Å². The van der Waals surface area contributed by atoms with Crippen LogP contribution in [0, 0.1) is 0 Å². The highest BCUT2D eigenvalue weighted by molar-refractivity contribution is 8.02. The monoisotopic (exact) mass is 434 g/mol. The summed E-state index contributed by atoms with van der Waals surface area (Å²) in [7, 11) is 0. The number of benzene rings is 1. The van der Waals surface area contributed by atoms with E-state index >= 15 is 0 Å². The highest BCUT2D eigenvalue weighted by Crippen LogP contribution is 2.34. The molecule has 0 aliphatic heterocycles. The van der Waals surface area contributed by atoms with Gasteiger partial charge in [-0.2, -0.15) is 0 Å². The van der Waals surface area contributed by atoms with Crippen molar-refractivity contribution >= 4 is 40.7 Å². The largest absolute Gasteiger partial charge is 0.493 e. The third kappa shape index (κ3) is 5.47. The van der Waals surface area contributed by atoms with E-state index in [9.17, 15) is 9.90 Å². The smallest absolute Gasteiger partial charge is 0.319 e. The SMILES string of the molecule is CC(C)(Sc1nc(CCOc2ccc(-c3ccc(Cl)cn3)cc2)cs1)C(=O)O. The van der Waals surface area contributed by atoms with Gasteiger partial charge in [-0.05, 0) is 50.2 Å². The first kappa shape index (κ1) is 20.6. The number of rotatable bonds is 8. The van der Waals surface area contributed by atoms with Crippen molar-refractivity contribution in [2.24, 2.45) is 0 Å². The Bertz CT molecular complexity index is 941. The number of hydrogen-bond donors (Lipinski definition) is 1. The third-order valence-electron chi connectivity index (χ3n) is 3.89. The molecular weight excluding hydrogens is 416 g/mol. The molecule has 2 aromatic heterocycles. The molecule has 3 rings (SSSR count). The van der Waals surface area contributed by atoms with Crippen LogP contribution in [0.4, 0.5) is 0 Å². The first-order chi connectivity index (χ1) is 13.3. The van der Waals surface area contributed by atoms with E-state index in [-0.39, 0.29) is 0 Å². The fourth-order valence-corrected chi connectivity index (χ4v) is 4.59. The Morgan fingerprint density at radius 3 is 2.64 bits per heavy atom. The highest BCUT2D eigenvalue weighted by Gasteiger charge is 2.29. The van der Waals surface area contributed by atoms with Gasteiger partial charge in [0.25, 0.3) is 0 Å². The zero-order valence-electron chi connectivity index (χ0n) is 15.4. The van der Waals surface area contributed by atoms with E-state index in [0.29, 0.717) is 18.1 Å². The number of pyridine rings is 1. The second-order valence-corrected chi connectivity index (χ2v) is 9.67. The van der Waals surface area contributed by atoms with Crippen LogP contribution in [-0.2, 0) is 11.2 Å². The highest BCUT2D eigenvalue weighted by atomic mass is 35.5. The molecule has 146 valence electrons. The van der Waals surface area contributed by atoms with Crippen molar-refractivity contribution in [2.45, 2.75) is 29.4 Å². The second kappa shape index (κ2) is 8.94. The minimum absolute atomic E-state index is 0.495. The van der Waals surface area contributed by atoms with Crippen molar-refractivity contribution in [2.75, 3.05) is 6.61 Å². The molecule has 0 saturated heterocycles. The fourth-order valence-electron chi connectivity index (χ4n) is 2.25. The molecule has 0 aliphatic carbocycles. The number of carboxylic acids is 1. The first-order valence-corrected chi connectivity index (χ1v) is 10.6. The first-order valence-electron chi connectivity index (χ1n) is 8.55. The number of thiazole rings is 1. The normalized spacial score (nSPS) is 11.4. The van der Waals surface area contributed by atoms with Gasteiger partial charge in [-0.3, -0.25) is 9.78 Å². The van der Waals surface area contributed by atoms with E-state index in [1.807, 2.05) is 41.8 Å². The van der Waals surface area contributed by atoms with Crippen LogP contribution in [0.5, 0.6) is 5.75 Å². The van der Waals surface area contributed by atoms with Crippen molar-refractivity contribution in [3.8, 4) is 17.0 Å². The Hall–Kier alpha value is -2.09. The quantitative estimate of drug-likeness (QED) is 0.476. The number of hydrogen-bond acceptors (Lipinski definition) is 6. The van der Waals surface area contributed by atoms with Gasteiger partial charge >= 0.3 is 5.97 Å². The van der Waals surface area contributed by atoms with E-state index < -0.39 is 10.7 Å². The van der Waals surface area contributed by atoms with Crippen molar-refractivity contribution in [1.29, 1.82) is 0 Å². The van der Waals surface area contributed by atoms with Crippen LogP contribution >= 0.6 is 34.7 Å². The Morgan fingerprint density at radius 1 is 1.25 bits per heavy atom. The summed E-state index contributed by atoms with van der Waals surface area (Å²) in [6.07, 6.45) is 2.28. The maximum atomic E-state index is 11.2. The Balaban J connectivity index is 1.51. The Kier molecular flexibility index (Phi) is 6.59. The summed E-state index contributed by atoms with van der Waals surface area (Å²) in [4.78, 5) is 20.0. The van der Waals surface area contributed by atoms with Crippen LogP contribution in [-0.4, -0.2) is 32.4 Å². The molecular formula is C20H19ClN2O3S2. The fraction of sp³-hybridized carbons (Fsp3) is 0.250.